The van der Waals surface area contributed by atoms with Crippen LogP contribution in [-0.4, -0.2) is 27.6 Å². The molecule has 0 radical (unpaired) electrons. The Balaban J connectivity index is 1.68. The van der Waals surface area contributed by atoms with Crippen molar-refractivity contribution in [3.05, 3.63) is 53.6 Å². The van der Waals surface area contributed by atoms with Gasteiger partial charge in [0.15, 0.2) is 0 Å². The molecule has 2 rings (SSSR count). The van der Waals surface area contributed by atoms with Gasteiger partial charge in [-0.2, -0.15) is 5.10 Å². The lowest BCUT2D eigenvalue weighted by atomic mass is 10.1. The predicted octanol–water partition coefficient (Wildman–Crippen LogP) is 1.88. The molecule has 0 aromatic carbocycles. The highest BCUT2D eigenvalue weighted by molar-refractivity contribution is 5.91. The molecule has 0 unspecified atom stereocenters. The number of hydrogen-bond donors (Lipinski definition) is 2. The molecule has 0 spiro atoms. The van der Waals surface area contributed by atoms with Crippen LogP contribution < -0.4 is 5.32 Å². The lowest BCUT2D eigenvalue weighted by Crippen LogP contribution is -2.22. The van der Waals surface area contributed by atoms with Crippen LogP contribution in [0, 0.1) is 6.92 Å². The van der Waals surface area contributed by atoms with Crippen molar-refractivity contribution in [2.24, 2.45) is 0 Å². The second kappa shape index (κ2) is 7.23. The summed E-state index contributed by atoms with van der Waals surface area (Å²) in [5.74, 6) is -0.0854. The Morgan fingerprint density at radius 1 is 1.45 bits per heavy atom. The molecule has 5 nitrogen and oxygen atoms in total. The Labute approximate surface area is 118 Å². The lowest BCUT2D eigenvalue weighted by molar-refractivity contribution is -0.116. The van der Waals surface area contributed by atoms with Crippen molar-refractivity contribution in [2.75, 3.05) is 6.54 Å². The second-order valence-corrected chi connectivity index (χ2v) is 4.53. The van der Waals surface area contributed by atoms with E-state index in [1.54, 1.807) is 18.5 Å². The maximum absolute atomic E-state index is 11.6. The number of H-pyrrole nitrogens is 1. The van der Waals surface area contributed by atoms with Gasteiger partial charge >= 0.3 is 0 Å². The predicted molar refractivity (Wildman–Crippen MR) is 77.9 cm³/mol. The van der Waals surface area contributed by atoms with E-state index in [1.165, 1.54) is 11.6 Å². The minimum absolute atomic E-state index is 0.0854. The van der Waals surface area contributed by atoms with Crippen LogP contribution in [-0.2, 0) is 11.2 Å². The van der Waals surface area contributed by atoms with Crippen LogP contribution in [0.5, 0.6) is 0 Å². The van der Waals surface area contributed by atoms with Crippen LogP contribution in [0.1, 0.15) is 23.2 Å². The van der Waals surface area contributed by atoms with Gasteiger partial charge in [-0.15, -0.1) is 0 Å². The van der Waals surface area contributed by atoms with Crippen molar-refractivity contribution in [2.45, 2.75) is 19.8 Å². The van der Waals surface area contributed by atoms with Crippen LogP contribution in [0.25, 0.3) is 6.08 Å². The zero-order valence-corrected chi connectivity index (χ0v) is 11.5. The third-order valence-electron chi connectivity index (χ3n) is 2.97. The van der Waals surface area contributed by atoms with Crippen LogP contribution in [0.4, 0.5) is 0 Å². The molecule has 2 aromatic heterocycles. The largest absolute Gasteiger partial charge is 0.353 e. The van der Waals surface area contributed by atoms with Crippen molar-refractivity contribution >= 4 is 12.0 Å². The zero-order chi connectivity index (χ0) is 14.2. The number of carbonyl (C=O) groups is 1. The Morgan fingerprint density at radius 3 is 3.05 bits per heavy atom. The summed E-state index contributed by atoms with van der Waals surface area (Å²) < 4.78 is 0. The standard InChI is InChI=1S/C15H18N4O/c1-12-14(11-18-19-12)5-3-9-17-15(20)7-6-13-4-2-8-16-10-13/h2,4,6-8,10-11H,3,5,9H2,1H3,(H,17,20)(H,18,19). The number of aryl methyl sites for hydroxylation is 2. The van der Waals surface area contributed by atoms with Gasteiger partial charge in [-0.05, 0) is 43.0 Å². The van der Waals surface area contributed by atoms with E-state index in [4.69, 9.17) is 0 Å². The first kappa shape index (κ1) is 14.0. The van der Waals surface area contributed by atoms with Crippen LogP contribution in [0.15, 0.2) is 36.8 Å². The number of nitrogens with one attached hydrogen (secondary N) is 2. The van der Waals surface area contributed by atoms with Gasteiger partial charge in [-0.3, -0.25) is 14.9 Å². The van der Waals surface area contributed by atoms with Crippen molar-refractivity contribution in [3.63, 3.8) is 0 Å². The molecule has 20 heavy (non-hydrogen) atoms. The van der Waals surface area contributed by atoms with Gasteiger partial charge in [0.05, 0.1) is 6.20 Å². The topological polar surface area (TPSA) is 70.7 Å². The highest BCUT2D eigenvalue weighted by Gasteiger charge is 2.00. The van der Waals surface area contributed by atoms with Gasteiger partial charge in [0, 0.05) is 30.7 Å². The normalized spacial score (nSPS) is 10.8. The molecule has 0 aliphatic heterocycles. The molecule has 2 heterocycles. The molecular weight excluding hydrogens is 252 g/mol. The maximum Gasteiger partial charge on any atom is 0.244 e. The fourth-order valence-electron chi connectivity index (χ4n) is 1.82. The smallest absolute Gasteiger partial charge is 0.244 e. The van der Waals surface area contributed by atoms with E-state index in [0.717, 1.165) is 24.1 Å². The number of carbonyl (C=O) groups excluding carboxylic acids is 1. The average molecular weight is 270 g/mol. The van der Waals surface area contributed by atoms with Gasteiger partial charge in [-0.25, -0.2) is 0 Å². The average Bonchev–Trinajstić information content (AvgIpc) is 2.88. The molecule has 0 fully saturated rings. The molecule has 2 aromatic rings. The molecule has 0 aliphatic rings. The van der Waals surface area contributed by atoms with E-state index >= 15 is 0 Å². The van der Waals surface area contributed by atoms with Crippen molar-refractivity contribution < 1.29 is 4.79 Å². The Hall–Kier alpha value is -2.43. The third-order valence-corrected chi connectivity index (χ3v) is 2.97. The highest BCUT2D eigenvalue weighted by atomic mass is 16.1. The van der Waals surface area contributed by atoms with E-state index in [1.807, 2.05) is 25.3 Å². The second-order valence-electron chi connectivity index (χ2n) is 4.53. The van der Waals surface area contributed by atoms with Gasteiger partial charge in [0.2, 0.25) is 5.91 Å². The number of nitrogens with zero attached hydrogens (tertiary/aromatic N) is 2. The number of rotatable bonds is 6. The van der Waals surface area contributed by atoms with Gasteiger partial charge in [0.1, 0.15) is 0 Å². The number of aromatic amines is 1. The Kier molecular flexibility index (Phi) is 5.06. The molecule has 5 heteroatoms. The van der Waals surface area contributed by atoms with Crippen molar-refractivity contribution in [1.82, 2.24) is 20.5 Å². The molecule has 0 saturated carbocycles. The SMILES string of the molecule is Cc1[nH]ncc1CCCNC(=O)C=Cc1cccnc1. The van der Waals surface area contributed by atoms with E-state index < -0.39 is 0 Å². The zero-order valence-electron chi connectivity index (χ0n) is 11.5. The molecule has 1 amide bonds. The van der Waals surface area contributed by atoms with E-state index in [9.17, 15) is 4.79 Å². The molecule has 0 saturated heterocycles. The first-order chi connectivity index (χ1) is 9.75. The first-order valence-corrected chi connectivity index (χ1v) is 6.60. The molecule has 0 bridgehead atoms. The van der Waals surface area contributed by atoms with E-state index in [0.29, 0.717) is 6.54 Å². The van der Waals surface area contributed by atoms with Crippen LogP contribution >= 0.6 is 0 Å². The van der Waals surface area contributed by atoms with Gasteiger partial charge in [0.25, 0.3) is 0 Å². The number of pyridine rings is 1. The Bertz CT molecular complexity index is 575. The van der Waals surface area contributed by atoms with Gasteiger partial charge < -0.3 is 5.32 Å². The van der Waals surface area contributed by atoms with Gasteiger partial charge in [-0.1, -0.05) is 6.07 Å². The molecule has 2 N–H and O–H groups in total. The number of amides is 1. The summed E-state index contributed by atoms with van der Waals surface area (Å²) in [5, 5.41) is 9.73. The summed E-state index contributed by atoms with van der Waals surface area (Å²) in [4.78, 5) is 15.6. The molecular formula is C15H18N4O. The lowest BCUT2D eigenvalue weighted by Gasteiger charge is -2.02. The Morgan fingerprint density at radius 2 is 2.35 bits per heavy atom. The van der Waals surface area contributed by atoms with Crippen molar-refractivity contribution in [3.8, 4) is 0 Å². The van der Waals surface area contributed by atoms with Crippen LogP contribution in [0.3, 0.4) is 0 Å². The minimum atomic E-state index is -0.0854. The highest BCUT2D eigenvalue weighted by Crippen LogP contribution is 2.05. The first-order valence-electron chi connectivity index (χ1n) is 6.60. The fraction of sp³-hybridized carbons (Fsp3) is 0.267. The summed E-state index contributed by atoms with van der Waals surface area (Å²) in [5.41, 5.74) is 3.20. The summed E-state index contributed by atoms with van der Waals surface area (Å²) in [6.45, 7) is 2.65. The van der Waals surface area contributed by atoms with Crippen molar-refractivity contribution in [1.29, 1.82) is 0 Å². The summed E-state index contributed by atoms with van der Waals surface area (Å²) in [6, 6.07) is 3.74. The molecule has 104 valence electrons. The monoisotopic (exact) mass is 270 g/mol. The van der Waals surface area contributed by atoms with E-state index in [-0.39, 0.29) is 5.91 Å². The minimum Gasteiger partial charge on any atom is -0.353 e. The van der Waals surface area contributed by atoms with E-state index in [2.05, 4.69) is 20.5 Å². The summed E-state index contributed by atoms with van der Waals surface area (Å²) in [7, 11) is 0. The summed E-state index contributed by atoms with van der Waals surface area (Å²) >= 11 is 0. The summed E-state index contributed by atoms with van der Waals surface area (Å²) in [6.07, 6.45) is 10.3. The molecule has 0 aliphatic carbocycles. The molecule has 0 atom stereocenters. The maximum atomic E-state index is 11.6. The van der Waals surface area contributed by atoms with Crippen LogP contribution in [0.2, 0.25) is 0 Å². The number of hydrogen-bond acceptors (Lipinski definition) is 3. The quantitative estimate of drug-likeness (QED) is 0.622. The third kappa shape index (κ3) is 4.35. The fourth-order valence-corrected chi connectivity index (χ4v) is 1.82. The number of aromatic nitrogens is 3.